The average Bonchev–Trinajstić information content (AvgIpc) is 2.29. The highest BCUT2D eigenvalue weighted by molar-refractivity contribution is 5.20. The lowest BCUT2D eigenvalue weighted by molar-refractivity contribution is 0.321. The SMILES string of the molecule is N[C@@H](c1cccc(F)c1)C1CCNCC1. The van der Waals surface area contributed by atoms with Crippen LogP contribution in [0, 0.1) is 11.7 Å². The Morgan fingerprint density at radius 2 is 2.07 bits per heavy atom. The average molecular weight is 208 g/mol. The van der Waals surface area contributed by atoms with Crippen molar-refractivity contribution in [3.63, 3.8) is 0 Å². The lowest BCUT2D eigenvalue weighted by Gasteiger charge is -2.28. The van der Waals surface area contributed by atoms with E-state index in [2.05, 4.69) is 5.32 Å². The van der Waals surface area contributed by atoms with E-state index in [1.54, 1.807) is 12.1 Å². The van der Waals surface area contributed by atoms with E-state index in [0.29, 0.717) is 5.92 Å². The predicted octanol–water partition coefficient (Wildman–Crippen LogP) is 1.83. The van der Waals surface area contributed by atoms with Gasteiger partial charge in [-0.3, -0.25) is 0 Å². The monoisotopic (exact) mass is 208 g/mol. The van der Waals surface area contributed by atoms with E-state index in [4.69, 9.17) is 5.73 Å². The third kappa shape index (κ3) is 2.55. The standard InChI is InChI=1S/C12H17FN2/c13-11-3-1-2-10(8-11)12(14)9-4-6-15-7-5-9/h1-3,8-9,12,15H,4-7,14H2/t12-/m1/s1. The molecule has 0 aliphatic carbocycles. The van der Waals surface area contributed by atoms with Gasteiger partial charge in [0.2, 0.25) is 0 Å². The fourth-order valence-corrected chi connectivity index (χ4v) is 2.19. The second-order valence-electron chi connectivity index (χ2n) is 4.17. The fourth-order valence-electron chi connectivity index (χ4n) is 2.19. The van der Waals surface area contributed by atoms with Gasteiger partial charge in [-0.2, -0.15) is 0 Å². The van der Waals surface area contributed by atoms with Crippen molar-refractivity contribution >= 4 is 0 Å². The second-order valence-corrected chi connectivity index (χ2v) is 4.17. The fraction of sp³-hybridized carbons (Fsp3) is 0.500. The first-order valence-electron chi connectivity index (χ1n) is 5.49. The van der Waals surface area contributed by atoms with E-state index >= 15 is 0 Å². The summed E-state index contributed by atoms with van der Waals surface area (Å²) >= 11 is 0. The van der Waals surface area contributed by atoms with Gasteiger partial charge in [0.15, 0.2) is 0 Å². The second kappa shape index (κ2) is 4.73. The van der Waals surface area contributed by atoms with Gasteiger partial charge in [0.25, 0.3) is 0 Å². The van der Waals surface area contributed by atoms with Gasteiger partial charge >= 0.3 is 0 Å². The van der Waals surface area contributed by atoms with Crippen molar-refractivity contribution in [2.24, 2.45) is 11.7 Å². The van der Waals surface area contributed by atoms with Crippen LogP contribution in [-0.4, -0.2) is 13.1 Å². The Kier molecular flexibility index (Phi) is 3.34. The third-order valence-corrected chi connectivity index (χ3v) is 3.13. The van der Waals surface area contributed by atoms with Crippen LogP contribution in [0.4, 0.5) is 4.39 Å². The first-order valence-corrected chi connectivity index (χ1v) is 5.49. The molecule has 15 heavy (non-hydrogen) atoms. The molecule has 1 fully saturated rings. The summed E-state index contributed by atoms with van der Waals surface area (Å²) in [6.45, 7) is 2.04. The number of piperidine rings is 1. The Hall–Kier alpha value is -0.930. The first-order chi connectivity index (χ1) is 7.27. The summed E-state index contributed by atoms with van der Waals surface area (Å²) in [5.41, 5.74) is 7.06. The van der Waals surface area contributed by atoms with Gasteiger partial charge in [-0.25, -0.2) is 4.39 Å². The molecule has 0 radical (unpaired) electrons. The Labute approximate surface area is 89.7 Å². The number of halogens is 1. The normalized spacial score (nSPS) is 20.1. The molecule has 82 valence electrons. The summed E-state index contributed by atoms with van der Waals surface area (Å²) in [6, 6.07) is 6.62. The minimum absolute atomic E-state index is 0.0252. The van der Waals surface area contributed by atoms with Crippen LogP contribution in [0.1, 0.15) is 24.4 Å². The van der Waals surface area contributed by atoms with Crippen LogP contribution in [0.25, 0.3) is 0 Å². The van der Waals surface area contributed by atoms with Gasteiger partial charge in [0.1, 0.15) is 5.82 Å². The van der Waals surface area contributed by atoms with Gasteiger partial charge < -0.3 is 11.1 Å². The quantitative estimate of drug-likeness (QED) is 0.778. The topological polar surface area (TPSA) is 38.0 Å². The molecule has 1 aromatic rings. The molecule has 2 rings (SSSR count). The van der Waals surface area contributed by atoms with Crippen molar-refractivity contribution in [3.8, 4) is 0 Å². The van der Waals surface area contributed by atoms with Crippen molar-refractivity contribution in [3.05, 3.63) is 35.6 Å². The van der Waals surface area contributed by atoms with Crippen LogP contribution >= 0.6 is 0 Å². The summed E-state index contributed by atoms with van der Waals surface area (Å²) in [4.78, 5) is 0. The molecule has 0 unspecified atom stereocenters. The number of rotatable bonds is 2. The van der Waals surface area contributed by atoms with Gasteiger partial charge in [-0.15, -0.1) is 0 Å². The van der Waals surface area contributed by atoms with Gasteiger partial charge in [-0.05, 0) is 49.5 Å². The number of hydrogen-bond donors (Lipinski definition) is 2. The van der Waals surface area contributed by atoms with Crippen molar-refractivity contribution in [1.82, 2.24) is 5.32 Å². The number of hydrogen-bond acceptors (Lipinski definition) is 2. The zero-order valence-electron chi connectivity index (χ0n) is 8.75. The van der Waals surface area contributed by atoms with Crippen molar-refractivity contribution < 1.29 is 4.39 Å². The van der Waals surface area contributed by atoms with Gasteiger partial charge in [-0.1, -0.05) is 12.1 Å². The summed E-state index contributed by atoms with van der Waals surface area (Å²) in [7, 11) is 0. The summed E-state index contributed by atoms with van der Waals surface area (Å²) in [5, 5.41) is 3.30. The van der Waals surface area contributed by atoms with E-state index in [1.807, 2.05) is 6.07 Å². The third-order valence-electron chi connectivity index (χ3n) is 3.13. The van der Waals surface area contributed by atoms with Crippen molar-refractivity contribution in [1.29, 1.82) is 0 Å². The van der Waals surface area contributed by atoms with Crippen molar-refractivity contribution in [2.45, 2.75) is 18.9 Å². The van der Waals surface area contributed by atoms with E-state index in [-0.39, 0.29) is 11.9 Å². The largest absolute Gasteiger partial charge is 0.324 e. The van der Waals surface area contributed by atoms with Crippen LogP contribution in [0.5, 0.6) is 0 Å². The molecule has 0 aromatic heterocycles. The Morgan fingerprint density at radius 1 is 1.33 bits per heavy atom. The summed E-state index contributed by atoms with van der Waals surface area (Å²) < 4.78 is 13.0. The molecule has 1 atom stereocenters. The van der Waals surface area contributed by atoms with E-state index in [0.717, 1.165) is 31.5 Å². The minimum Gasteiger partial charge on any atom is -0.324 e. The number of benzene rings is 1. The van der Waals surface area contributed by atoms with Crippen LogP contribution in [0.15, 0.2) is 24.3 Å². The molecule has 2 nitrogen and oxygen atoms in total. The zero-order chi connectivity index (χ0) is 10.7. The molecule has 1 aromatic carbocycles. The van der Waals surface area contributed by atoms with Crippen molar-refractivity contribution in [2.75, 3.05) is 13.1 Å². The van der Waals surface area contributed by atoms with Crippen LogP contribution in [-0.2, 0) is 0 Å². The maximum absolute atomic E-state index is 13.0. The molecular weight excluding hydrogens is 191 g/mol. The summed E-state index contributed by atoms with van der Waals surface area (Å²) in [6.07, 6.45) is 2.16. The molecule has 1 saturated heterocycles. The Bertz CT molecular complexity index is 321. The molecule has 0 spiro atoms. The lowest BCUT2D eigenvalue weighted by Crippen LogP contribution is -2.33. The molecule has 3 N–H and O–H groups in total. The molecule has 0 amide bonds. The Morgan fingerprint density at radius 3 is 2.73 bits per heavy atom. The minimum atomic E-state index is -0.197. The summed E-state index contributed by atoms with van der Waals surface area (Å²) in [5.74, 6) is 0.282. The maximum Gasteiger partial charge on any atom is 0.123 e. The van der Waals surface area contributed by atoms with E-state index < -0.39 is 0 Å². The van der Waals surface area contributed by atoms with Crippen LogP contribution in [0.3, 0.4) is 0 Å². The van der Waals surface area contributed by atoms with Crippen LogP contribution < -0.4 is 11.1 Å². The molecule has 1 aliphatic heterocycles. The molecular formula is C12H17FN2. The Balaban J connectivity index is 2.08. The van der Waals surface area contributed by atoms with E-state index in [9.17, 15) is 4.39 Å². The van der Waals surface area contributed by atoms with E-state index in [1.165, 1.54) is 6.07 Å². The number of nitrogens with one attached hydrogen (secondary N) is 1. The first kappa shape index (κ1) is 10.6. The molecule has 1 aliphatic rings. The highest BCUT2D eigenvalue weighted by atomic mass is 19.1. The highest BCUT2D eigenvalue weighted by Crippen LogP contribution is 2.26. The molecule has 0 saturated carbocycles. The molecule has 3 heteroatoms. The lowest BCUT2D eigenvalue weighted by atomic mass is 9.86. The van der Waals surface area contributed by atoms with Gasteiger partial charge in [0.05, 0.1) is 0 Å². The smallest absolute Gasteiger partial charge is 0.123 e. The van der Waals surface area contributed by atoms with Gasteiger partial charge in [0, 0.05) is 6.04 Å². The predicted molar refractivity (Wildman–Crippen MR) is 58.9 cm³/mol. The molecule has 0 bridgehead atoms. The highest BCUT2D eigenvalue weighted by Gasteiger charge is 2.21. The maximum atomic E-state index is 13.0. The zero-order valence-corrected chi connectivity index (χ0v) is 8.75. The van der Waals surface area contributed by atoms with Crippen LogP contribution in [0.2, 0.25) is 0 Å². The molecule has 1 heterocycles. The number of nitrogens with two attached hydrogens (primary N) is 1.